The van der Waals surface area contributed by atoms with E-state index >= 15 is 0 Å². The lowest BCUT2D eigenvalue weighted by Crippen LogP contribution is -2.50. The quantitative estimate of drug-likeness (QED) is 0.181. The number of hydrogen-bond donors (Lipinski definition) is 2. The Morgan fingerprint density at radius 3 is 2.21 bits per heavy atom. The first-order chi connectivity index (χ1) is 13.2. The van der Waals surface area contributed by atoms with Gasteiger partial charge in [0.25, 0.3) is 0 Å². The average Bonchev–Trinajstić information content (AvgIpc) is 2.61. The Balaban J connectivity index is 0.00000784. The van der Waals surface area contributed by atoms with Crippen molar-refractivity contribution in [2.75, 3.05) is 38.5 Å². The highest BCUT2D eigenvalue weighted by Crippen LogP contribution is 2.15. The van der Waals surface area contributed by atoms with Gasteiger partial charge in [-0.05, 0) is 60.3 Å². The first-order valence-electron chi connectivity index (χ1n) is 11.0. The summed E-state index contributed by atoms with van der Waals surface area (Å²) in [6, 6.07) is 1.36. The van der Waals surface area contributed by atoms with Gasteiger partial charge in [0.1, 0.15) is 0 Å². The van der Waals surface area contributed by atoms with Gasteiger partial charge >= 0.3 is 0 Å². The minimum atomic E-state index is -3.08. The van der Waals surface area contributed by atoms with E-state index in [1.54, 1.807) is 4.31 Å². The highest BCUT2D eigenvalue weighted by molar-refractivity contribution is 14.0. The molecule has 29 heavy (non-hydrogen) atoms. The van der Waals surface area contributed by atoms with Crippen molar-refractivity contribution in [1.82, 2.24) is 19.8 Å². The number of aliphatic imine (C=N–C) groups is 1. The smallest absolute Gasteiger partial charge is 0.214 e. The summed E-state index contributed by atoms with van der Waals surface area (Å²) >= 11 is 0. The van der Waals surface area contributed by atoms with Crippen molar-refractivity contribution >= 4 is 40.0 Å². The molecule has 9 heteroatoms. The molecule has 0 radical (unpaired) electrons. The highest BCUT2D eigenvalue weighted by Gasteiger charge is 2.27. The third kappa shape index (κ3) is 10.6. The van der Waals surface area contributed by atoms with Crippen LogP contribution in [0.5, 0.6) is 0 Å². The summed E-state index contributed by atoms with van der Waals surface area (Å²) in [6.07, 6.45) is 3.34. The fourth-order valence-electron chi connectivity index (χ4n) is 3.74. The molecule has 1 saturated heterocycles. The number of nitrogens with one attached hydrogen (secondary N) is 2. The lowest BCUT2D eigenvalue weighted by molar-refractivity contribution is 0.174. The predicted octanol–water partition coefficient (Wildman–Crippen LogP) is 2.87. The van der Waals surface area contributed by atoms with Crippen molar-refractivity contribution in [3.05, 3.63) is 0 Å². The zero-order valence-corrected chi connectivity index (χ0v) is 22.4. The largest absolute Gasteiger partial charge is 0.357 e. The fourth-order valence-corrected chi connectivity index (χ4v) is 5.28. The summed E-state index contributed by atoms with van der Waals surface area (Å²) in [7, 11) is -3.08. The van der Waals surface area contributed by atoms with Crippen molar-refractivity contribution in [3.8, 4) is 0 Å². The summed E-state index contributed by atoms with van der Waals surface area (Å²) in [5.41, 5.74) is 0. The molecule has 0 unspecified atom stereocenters. The molecule has 0 saturated carbocycles. The van der Waals surface area contributed by atoms with Gasteiger partial charge in [-0.2, -0.15) is 0 Å². The van der Waals surface area contributed by atoms with Crippen LogP contribution in [0.1, 0.15) is 67.2 Å². The van der Waals surface area contributed by atoms with Gasteiger partial charge < -0.3 is 10.6 Å². The van der Waals surface area contributed by atoms with Crippen molar-refractivity contribution in [2.24, 2.45) is 4.99 Å². The Morgan fingerprint density at radius 1 is 1.14 bits per heavy atom. The van der Waals surface area contributed by atoms with Crippen LogP contribution in [0.3, 0.4) is 0 Å². The van der Waals surface area contributed by atoms with E-state index in [1.807, 2.05) is 6.92 Å². The SMILES string of the molecule is CCCS(=O)(=O)N1CCC(NC(=NCCCN(C(C)C)C(C)C)NCC)CC1.I. The standard InChI is InChI=1S/C20H43N5O2S.HI/c1-7-16-28(26,27)24-14-10-19(11-15-24)23-20(21-8-2)22-12-9-13-25(17(3)4)18(5)6;/h17-19H,7-16H2,1-6H3,(H2,21,22,23);1H. The first-order valence-corrected chi connectivity index (χ1v) is 12.6. The number of sulfonamides is 1. The second kappa shape index (κ2) is 14.8. The molecule has 0 spiro atoms. The minimum absolute atomic E-state index is 0. The van der Waals surface area contributed by atoms with E-state index < -0.39 is 10.0 Å². The van der Waals surface area contributed by atoms with E-state index in [0.29, 0.717) is 31.6 Å². The maximum Gasteiger partial charge on any atom is 0.214 e. The predicted molar refractivity (Wildman–Crippen MR) is 135 cm³/mol. The zero-order chi connectivity index (χ0) is 21.2. The Bertz CT molecular complexity index is 553. The van der Waals surface area contributed by atoms with Crippen molar-refractivity contribution in [1.29, 1.82) is 0 Å². The van der Waals surface area contributed by atoms with E-state index in [-0.39, 0.29) is 35.8 Å². The highest BCUT2D eigenvalue weighted by atomic mass is 127. The number of hydrogen-bond acceptors (Lipinski definition) is 4. The van der Waals surface area contributed by atoms with E-state index in [0.717, 1.165) is 44.9 Å². The van der Waals surface area contributed by atoms with Gasteiger partial charge in [0.15, 0.2) is 5.96 Å². The fraction of sp³-hybridized carbons (Fsp3) is 0.950. The number of halogens is 1. The summed E-state index contributed by atoms with van der Waals surface area (Å²) in [6.45, 7) is 16.8. The molecular weight excluding hydrogens is 501 g/mol. The summed E-state index contributed by atoms with van der Waals surface area (Å²) in [5, 5.41) is 6.82. The van der Waals surface area contributed by atoms with Gasteiger partial charge in [0, 0.05) is 50.8 Å². The number of piperidine rings is 1. The van der Waals surface area contributed by atoms with Crippen molar-refractivity contribution in [2.45, 2.75) is 85.4 Å². The molecule has 1 rings (SSSR count). The van der Waals surface area contributed by atoms with Crippen molar-refractivity contribution < 1.29 is 8.42 Å². The van der Waals surface area contributed by atoms with Crippen LogP contribution in [0.15, 0.2) is 4.99 Å². The average molecular weight is 546 g/mol. The molecule has 0 aromatic heterocycles. The lowest BCUT2D eigenvalue weighted by atomic mass is 10.1. The van der Waals surface area contributed by atoms with E-state index in [4.69, 9.17) is 4.99 Å². The first kappa shape index (κ1) is 28.9. The maximum atomic E-state index is 12.2. The molecule has 0 bridgehead atoms. The van der Waals surface area contributed by atoms with Crippen molar-refractivity contribution in [3.63, 3.8) is 0 Å². The minimum Gasteiger partial charge on any atom is -0.357 e. The summed E-state index contributed by atoms with van der Waals surface area (Å²) < 4.78 is 26.1. The third-order valence-corrected chi connectivity index (χ3v) is 7.24. The molecule has 0 aromatic carbocycles. The molecule has 0 atom stereocenters. The molecule has 1 heterocycles. The number of rotatable bonds is 11. The molecule has 2 N–H and O–H groups in total. The van der Waals surface area contributed by atoms with Crippen LogP contribution in [0, 0.1) is 0 Å². The van der Waals surface area contributed by atoms with Crippen LogP contribution in [-0.2, 0) is 10.0 Å². The Kier molecular flexibility index (Phi) is 14.7. The van der Waals surface area contributed by atoms with Gasteiger partial charge in [-0.25, -0.2) is 12.7 Å². The van der Waals surface area contributed by atoms with Gasteiger partial charge in [-0.1, -0.05) is 6.92 Å². The van der Waals surface area contributed by atoms with Crippen LogP contribution < -0.4 is 10.6 Å². The lowest BCUT2D eigenvalue weighted by Gasteiger charge is -2.32. The molecule has 1 aliphatic heterocycles. The second-order valence-electron chi connectivity index (χ2n) is 8.17. The number of guanidine groups is 1. The van der Waals surface area contributed by atoms with Crippen LogP contribution >= 0.6 is 24.0 Å². The number of nitrogens with zero attached hydrogens (tertiary/aromatic N) is 3. The molecule has 7 nitrogen and oxygen atoms in total. The zero-order valence-electron chi connectivity index (χ0n) is 19.3. The van der Waals surface area contributed by atoms with Crippen LogP contribution in [0.2, 0.25) is 0 Å². The van der Waals surface area contributed by atoms with Gasteiger partial charge in [0.2, 0.25) is 10.0 Å². The molecular formula is C20H44IN5O2S. The Morgan fingerprint density at radius 2 is 1.72 bits per heavy atom. The monoisotopic (exact) mass is 545 g/mol. The van der Waals surface area contributed by atoms with Crippen LogP contribution in [0.4, 0.5) is 0 Å². The van der Waals surface area contributed by atoms with Crippen LogP contribution in [0.25, 0.3) is 0 Å². The topological polar surface area (TPSA) is 77.0 Å². The van der Waals surface area contributed by atoms with Gasteiger partial charge in [0.05, 0.1) is 5.75 Å². The van der Waals surface area contributed by atoms with Gasteiger partial charge in [-0.15, -0.1) is 24.0 Å². The second-order valence-corrected chi connectivity index (χ2v) is 10.3. The molecule has 174 valence electrons. The Labute approximate surface area is 196 Å². The Hall–Kier alpha value is -0.130. The molecule has 1 aliphatic rings. The molecule has 0 aliphatic carbocycles. The van der Waals surface area contributed by atoms with E-state index in [9.17, 15) is 8.42 Å². The molecule has 0 amide bonds. The van der Waals surface area contributed by atoms with Crippen LogP contribution in [-0.4, -0.2) is 80.2 Å². The maximum absolute atomic E-state index is 12.2. The normalized spacial score (nSPS) is 17.1. The van der Waals surface area contributed by atoms with E-state index in [2.05, 4.69) is 50.2 Å². The van der Waals surface area contributed by atoms with Gasteiger partial charge in [-0.3, -0.25) is 9.89 Å². The van der Waals surface area contributed by atoms with E-state index in [1.165, 1.54) is 0 Å². The summed E-state index contributed by atoms with van der Waals surface area (Å²) in [5.74, 6) is 1.09. The third-order valence-electron chi connectivity index (χ3n) is 5.17. The summed E-state index contributed by atoms with van der Waals surface area (Å²) in [4.78, 5) is 7.22. The molecule has 1 fully saturated rings. The molecule has 0 aromatic rings.